The number of alkyl halides is 1. The summed E-state index contributed by atoms with van der Waals surface area (Å²) in [6.07, 6.45) is 1.97. The second kappa shape index (κ2) is 7.80. The molecule has 0 aliphatic rings. The van der Waals surface area contributed by atoms with E-state index in [4.69, 9.17) is 11.6 Å². The zero-order chi connectivity index (χ0) is 13.5. The lowest BCUT2D eigenvalue weighted by atomic mass is 10.0. The van der Waals surface area contributed by atoms with Crippen molar-refractivity contribution in [3.63, 3.8) is 0 Å². The number of hydrogen-bond acceptors (Lipinski definition) is 1. The summed E-state index contributed by atoms with van der Waals surface area (Å²) >= 11 is 9.19. The number of carbonyl (C=O) groups is 1. The van der Waals surface area contributed by atoms with Gasteiger partial charge in [-0.1, -0.05) is 25.5 Å². The normalized spacial score (nSPS) is 12.2. The Hall–Kier alpha value is -0.540. The van der Waals surface area contributed by atoms with Crippen LogP contribution >= 0.6 is 27.5 Å². The van der Waals surface area contributed by atoms with Gasteiger partial charge in [0.15, 0.2) is 0 Å². The summed E-state index contributed by atoms with van der Waals surface area (Å²) in [4.78, 5) is 12.1. The molecule has 1 unspecified atom stereocenters. The molecule has 0 saturated carbocycles. The fourth-order valence-corrected chi connectivity index (χ4v) is 2.51. The van der Waals surface area contributed by atoms with Crippen molar-refractivity contribution in [2.24, 2.45) is 5.92 Å². The first-order valence-electron chi connectivity index (χ1n) is 6.19. The Balaban J connectivity index is 2.62. The van der Waals surface area contributed by atoms with E-state index in [-0.39, 0.29) is 5.91 Å². The number of nitrogens with one attached hydrogen (secondary N) is 1. The van der Waals surface area contributed by atoms with Crippen molar-refractivity contribution in [2.75, 3.05) is 12.4 Å². The van der Waals surface area contributed by atoms with E-state index in [0.29, 0.717) is 23.9 Å². The maximum atomic E-state index is 12.1. The number of aryl methyl sites for hydroxylation is 1. The molecular weight excluding hydrogens is 314 g/mol. The summed E-state index contributed by atoms with van der Waals surface area (Å²) in [5.41, 5.74) is 1.76. The van der Waals surface area contributed by atoms with Crippen molar-refractivity contribution >= 4 is 33.4 Å². The molecule has 0 radical (unpaired) electrons. The van der Waals surface area contributed by atoms with Gasteiger partial charge in [0.2, 0.25) is 0 Å². The van der Waals surface area contributed by atoms with Crippen LogP contribution in [-0.2, 0) is 0 Å². The van der Waals surface area contributed by atoms with E-state index in [1.807, 2.05) is 25.1 Å². The lowest BCUT2D eigenvalue weighted by Gasteiger charge is -2.15. The number of rotatable bonds is 6. The molecule has 1 aromatic carbocycles. The maximum absolute atomic E-state index is 12.1. The second-order valence-electron chi connectivity index (χ2n) is 4.40. The van der Waals surface area contributed by atoms with Crippen molar-refractivity contribution in [3.8, 4) is 0 Å². The molecule has 0 fully saturated rings. The summed E-state index contributed by atoms with van der Waals surface area (Å²) in [6.45, 7) is 4.78. The first kappa shape index (κ1) is 15.5. The standard InChI is InChI=1S/C14H19BrClNO/c1-3-11(7-8-16)9-17-14(18)12-6-4-5-10(2)13(12)15/h4-6,11H,3,7-9H2,1-2H3,(H,17,18). The minimum atomic E-state index is -0.0291. The van der Waals surface area contributed by atoms with Gasteiger partial charge in [0.25, 0.3) is 5.91 Å². The van der Waals surface area contributed by atoms with Crippen LogP contribution in [-0.4, -0.2) is 18.3 Å². The van der Waals surface area contributed by atoms with Gasteiger partial charge in [0, 0.05) is 16.9 Å². The van der Waals surface area contributed by atoms with E-state index >= 15 is 0 Å². The SMILES string of the molecule is CCC(CCCl)CNC(=O)c1cccc(C)c1Br. The Kier molecular flexibility index (Phi) is 6.72. The van der Waals surface area contributed by atoms with Gasteiger partial charge in [0.1, 0.15) is 0 Å². The van der Waals surface area contributed by atoms with Gasteiger partial charge in [-0.2, -0.15) is 0 Å². The number of carbonyl (C=O) groups excluding carboxylic acids is 1. The molecule has 1 atom stereocenters. The molecule has 1 amide bonds. The third-order valence-corrected chi connectivity index (χ3v) is 4.35. The third-order valence-electron chi connectivity index (χ3n) is 3.08. The fourth-order valence-electron chi connectivity index (χ4n) is 1.76. The second-order valence-corrected chi connectivity index (χ2v) is 5.57. The minimum Gasteiger partial charge on any atom is -0.352 e. The summed E-state index contributed by atoms with van der Waals surface area (Å²) in [6, 6.07) is 5.70. The highest BCUT2D eigenvalue weighted by atomic mass is 79.9. The van der Waals surface area contributed by atoms with Crippen LogP contribution in [0, 0.1) is 12.8 Å². The first-order valence-corrected chi connectivity index (χ1v) is 7.52. The van der Waals surface area contributed by atoms with Crippen molar-refractivity contribution in [2.45, 2.75) is 26.7 Å². The van der Waals surface area contributed by atoms with Gasteiger partial charge in [-0.3, -0.25) is 4.79 Å². The van der Waals surface area contributed by atoms with Crippen molar-refractivity contribution < 1.29 is 4.79 Å². The Morgan fingerprint density at radius 2 is 2.22 bits per heavy atom. The molecule has 1 N–H and O–H groups in total. The molecule has 4 heteroatoms. The van der Waals surface area contributed by atoms with Crippen molar-refractivity contribution in [1.29, 1.82) is 0 Å². The van der Waals surface area contributed by atoms with Gasteiger partial charge in [-0.05, 0) is 46.8 Å². The molecule has 0 bridgehead atoms. The van der Waals surface area contributed by atoms with Gasteiger partial charge < -0.3 is 5.32 Å². The van der Waals surface area contributed by atoms with Crippen molar-refractivity contribution in [1.82, 2.24) is 5.32 Å². The molecule has 2 nitrogen and oxygen atoms in total. The van der Waals surface area contributed by atoms with Gasteiger partial charge in [-0.25, -0.2) is 0 Å². The summed E-state index contributed by atoms with van der Waals surface area (Å²) in [5.74, 6) is 1.07. The average molecular weight is 333 g/mol. The highest BCUT2D eigenvalue weighted by Gasteiger charge is 2.13. The first-order chi connectivity index (χ1) is 8.60. The molecule has 100 valence electrons. The highest BCUT2D eigenvalue weighted by Crippen LogP contribution is 2.21. The number of amides is 1. The van der Waals surface area contributed by atoms with Gasteiger partial charge in [-0.15, -0.1) is 11.6 Å². The molecular formula is C14H19BrClNO. The molecule has 0 aromatic heterocycles. The Bertz CT molecular complexity index is 409. The van der Waals surface area contributed by atoms with Crippen LogP contribution < -0.4 is 5.32 Å². The van der Waals surface area contributed by atoms with E-state index in [9.17, 15) is 4.79 Å². The Morgan fingerprint density at radius 3 is 2.83 bits per heavy atom. The predicted octanol–water partition coefficient (Wildman–Crippen LogP) is 4.14. The highest BCUT2D eigenvalue weighted by molar-refractivity contribution is 9.10. The van der Waals surface area contributed by atoms with Crippen LogP contribution in [0.15, 0.2) is 22.7 Å². The monoisotopic (exact) mass is 331 g/mol. The van der Waals surface area contributed by atoms with E-state index in [1.54, 1.807) is 0 Å². The molecule has 1 rings (SSSR count). The van der Waals surface area contributed by atoms with E-state index in [1.165, 1.54) is 0 Å². The number of halogens is 2. The molecule has 1 aromatic rings. The number of hydrogen-bond donors (Lipinski definition) is 1. The Morgan fingerprint density at radius 1 is 1.50 bits per heavy atom. The van der Waals surface area contributed by atoms with Crippen LogP contribution in [0.3, 0.4) is 0 Å². The van der Waals surface area contributed by atoms with E-state index < -0.39 is 0 Å². The van der Waals surface area contributed by atoms with Crippen LogP contribution in [0.4, 0.5) is 0 Å². The van der Waals surface area contributed by atoms with E-state index in [2.05, 4.69) is 28.2 Å². The molecule has 0 saturated heterocycles. The summed E-state index contributed by atoms with van der Waals surface area (Å²) in [5, 5.41) is 2.98. The van der Waals surface area contributed by atoms with Crippen LogP contribution in [0.1, 0.15) is 35.7 Å². The van der Waals surface area contributed by atoms with Crippen LogP contribution in [0.25, 0.3) is 0 Å². The molecule has 0 spiro atoms. The molecule has 0 aliphatic heterocycles. The summed E-state index contributed by atoms with van der Waals surface area (Å²) in [7, 11) is 0. The fraction of sp³-hybridized carbons (Fsp3) is 0.500. The quantitative estimate of drug-likeness (QED) is 0.779. The Labute approximate surface area is 122 Å². The smallest absolute Gasteiger partial charge is 0.252 e. The largest absolute Gasteiger partial charge is 0.352 e. The van der Waals surface area contributed by atoms with Crippen LogP contribution in [0.5, 0.6) is 0 Å². The van der Waals surface area contributed by atoms with Gasteiger partial charge >= 0.3 is 0 Å². The zero-order valence-corrected chi connectivity index (χ0v) is 13.1. The number of benzene rings is 1. The molecule has 0 aliphatic carbocycles. The minimum absolute atomic E-state index is 0.0291. The van der Waals surface area contributed by atoms with E-state index in [0.717, 1.165) is 22.9 Å². The van der Waals surface area contributed by atoms with Crippen molar-refractivity contribution in [3.05, 3.63) is 33.8 Å². The molecule has 18 heavy (non-hydrogen) atoms. The zero-order valence-electron chi connectivity index (χ0n) is 10.8. The summed E-state index contributed by atoms with van der Waals surface area (Å²) < 4.78 is 0.868. The lowest BCUT2D eigenvalue weighted by molar-refractivity contribution is 0.0945. The molecule has 0 heterocycles. The van der Waals surface area contributed by atoms with Gasteiger partial charge in [0.05, 0.1) is 5.56 Å². The topological polar surface area (TPSA) is 29.1 Å². The van der Waals surface area contributed by atoms with Crippen LogP contribution in [0.2, 0.25) is 0 Å². The predicted molar refractivity (Wildman–Crippen MR) is 80.3 cm³/mol. The lowest BCUT2D eigenvalue weighted by Crippen LogP contribution is -2.29. The third kappa shape index (κ3) is 4.29. The average Bonchev–Trinajstić information content (AvgIpc) is 2.37. The maximum Gasteiger partial charge on any atom is 0.252 e.